The molecular weight excluding hydrogens is 462 g/mol. The van der Waals surface area contributed by atoms with E-state index in [1.165, 1.54) is 0 Å². The van der Waals surface area contributed by atoms with Gasteiger partial charge in [0.1, 0.15) is 0 Å². The van der Waals surface area contributed by atoms with Crippen LogP contribution in [0.25, 0.3) is 11.1 Å². The number of methoxy groups -OCH3 is 1. The van der Waals surface area contributed by atoms with Crippen molar-refractivity contribution in [3.8, 4) is 11.1 Å². The van der Waals surface area contributed by atoms with Crippen LogP contribution in [0.5, 0.6) is 0 Å². The summed E-state index contributed by atoms with van der Waals surface area (Å²) in [4.78, 5) is 23.2. The van der Waals surface area contributed by atoms with Crippen LogP contribution in [0.1, 0.15) is 31.8 Å². The average molecular weight is 471 g/mol. The number of ether oxygens (including phenoxy) is 1. The molecular formula is C17H9BrF6O4. The summed E-state index contributed by atoms with van der Waals surface area (Å²) < 4.78 is 82.8. The van der Waals surface area contributed by atoms with Crippen molar-refractivity contribution < 1.29 is 45.8 Å². The Hall–Kier alpha value is -2.56. The van der Waals surface area contributed by atoms with Crippen molar-refractivity contribution in [1.29, 1.82) is 0 Å². The van der Waals surface area contributed by atoms with Crippen LogP contribution in [0.2, 0.25) is 0 Å². The van der Waals surface area contributed by atoms with E-state index in [9.17, 15) is 41.0 Å². The Morgan fingerprint density at radius 3 is 2.00 bits per heavy atom. The van der Waals surface area contributed by atoms with E-state index >= 15 is 0 Å². The fraction of sp³-hybridized carbons (Fsp3) is 0.176. The van der Waals surface area contributed by atoms with Crippen LogP contribution in [-0.4, -0.2) is 24.2 Å². The average Bonchev–Trinajstić information content (AvgIpc) is 2.59. The highest BCUT2D eigenvalue weighted by atomic mass is 79.9. The zero-order valence-corrected chi connectivity index (χ0v) is 15.3. The Morgan fingerprint density at radius 2 is 1.54 bits per heavy atom. The molecule has 2 rings (SSSR count). The first kappa shape index (κ1) is 21.7. The number of aromatic carboxylic acids is 1. The van der Waals surface area contributed by atoms with Crippen molar-refractivity contribution in [3.05, 3.63) is 57.1 Å². The predicted molar refractivity (Wildman–Crippen MR) is 87.9 cm³/mol. The minimum atomic E-state index is -5.17. The Balaban J connectivity index is 2.85. The van der Waals surface area contributed by atoms with Gasteiger partial charge < -0.3 is 9.84 Å². The van der Waals surface area contributed by atoms with Crippen LogP contribution in [0.3, 0.4) is 0 Å². The largest absolute Gasteiger partial charge is 0.478 e. The number of carboxylic acids is 1. The molecule has 0 aliphatic heterocycles. The van der Waals surface area contributed by atoms with Gasteiger partial charge in [0.05, 0.1) is 29.4 Å². The van der Waals surface area contributed by atoms with Crippen molar-refractivity contribution >= 4 is 27.9 Å². The van der Waals surface area contributed by atoms with E-state index in [4.69, 9.17) is 0 Å². The van der Waals surface area contributed by atoms with Crippen LogP contribution in [0.4, 0.5) is 26.3 Å². The summed E-state index contributed by atoms with van der Waals surface area (Å²) in [7, 11) is 0.973. The summed E-state index contributed by atoms with van der Waals surface area (Å²) in [6.45, 7) is 0. The molecule has 0 bridgehead atoms. The molecule has 4 nitrogen and oxygen atoms in total. The second kappa shape index (κ2) is 7.46. The van der Waals surface area contributed by atoms with E-state index in [-0.39, 0.29) is 10.5 Å². The molecule has 1 N–H and O–H groups in total. The third-order valence-electron chi connectivity index (χ3n) is 3.67. The zero-order chi connectivity index (χ0) is 21.4. The minimum absolute atomic E-state index is 0.0738. The molecule has 28 heavy (non-hydrogen) atoms. The molecule has 0 saturated carbocycles. The monoisotopic (exact) mass is 470 g/mol. The van der Waals surface area contributed by atoms with Gasteiger partial charge in [0.15, 0.2) is 0 Å². The van der Waals surface area contributed by atoms with Crippen molar-refractivity contribution in [2.75, 3.05) is 7.11 Å². The lowest BCUT2D eigenvalue weighted by molar-refractivity contribution is -0.142. The second-order valence-electron chi connectivity index (χ2n) is 5.44. The highest BCUT2D eigenvalue weighted by molar-refractivity contribution is 9.10. The summed E-state index contributed by atoms with van der Waals surface area (Å²) in [5.74, 6) is -2.61. The number of benzene rings is 2. The van der Waals surface area contributed by atoms with Crippen LogP contribution in [-0.2, 0) is 17.1 Å². The van der Waals surface area contributed by atoms with Crippen LogP contribution in [0, 0.1) is 0 Å². The molecule has 0 amide bonds. The summed E-state index contributed by atoms with van der Waals surface area (Å²) in [6, 6.07) is 2.65. The number of carbonyl (C=O) groups is 2. The number of carboxylic acid groups (broad SMARTS) is 1. The maximum atomic E-state index is 13.4. The summed E-state index contributed by atoms with van der Waals surface area (Å²) in [6.07, 6.45) is -10.2. The van der Waals surface area contributed by atoms with Crippen molar-refractivity contribution in [2.45, 2.75) is 12.4 Å². The third-order valence-corrected chi connectivity index (χ3v) is 4.53. The number of hydrogen-bond acceptors (Lipinski definition) is 3. The maximum Gasteiger partial charge on any atom is 0.417 e. The molecule has 2 aromatic carbocycles. The van der Waals surface area contributed by atoms with Gasteiger partial charge in [0.25, 0.3) is 0 Å². The number of halogens is 7. The second-order valence-corrected chi connectivity index (χ2v) is 6.23. The molecule has 150 valence electrons. The van der Waals surface area contributed by atoms with Gasteiger partial charge in [-0.2, -0.15) is 26.3 Å². The lowest BCUT2D eigenvalue weighted by atomic mass is 9.94. The molecule has 2 aromatic rings. The number of carbonyl (C=O) groups excluding carboxylic acids is 1. The smallest absolute Gasteiger partial charge is 0.417 e. The van der Waals surface area contributed by atoms with Crippen molar-refractivity contribution in [3.63, 3.8) is 0 Å². The number of rotatable bonds is 3. The van der Waals surface area contributed by atoms with Gasteiger partial charge in [-0.25, -0.2) is 9.59 Å². The Morgan fingerprint density at radius 1 is 0.964 bits per heavy atom. The van der Waals surface area contributed by atoms with Gasteiger partial charge in [-0.05, 0) is 51.3 Å². The lowest BCUT2D eigenvalue weighted by Gasteiger charge is -2.17. The van der Waals surface area contributed by atoms with Crippen molar-refractivity contribution in [2.24, 2.45) is 0 Å². The van der Waals surface area contributed by atoms with Gasteiger partial charge in [0, 0.05) is 4.47 Å². The number of hydrogen-bond donors (Lipinski definition) is 1. The normalized spacial score (nSPS) is 12.0. The number of esters is 1. The highest BCUT2D eigenvalue weighted by Gasteiger charge is 2.38. The molecule has 0 unspecified atom stereocenters. The summed E-state index contributed by atoms with van der Waals surface area (Å²) >= 11 is 2.87. The molecule has 0 heterocycles. The molecule has 11 heteroatoms. The van der Waals surface area contributed by atoms with E-state index in [0.717, 1.165) is 19.2 Å². The fourth-order valence-corrected chi connectivity index (χ4v) is 2.96. The first-order valence-corrected chi connectivity index (χ1v) is 8.00. The topological polar surface area (TPSA) is 63.6 Å². The van der Waals surface area contributed by atoms with E-state index < -0.39 is 57.7 Å². The maximum absolute atomic E-state index is 13.4. The van der Waals surface area contributed by atoms with E-state index in [0.29, 0.717) is 12.1 Å². The summed E-state index contributed by atoms with van der Waals surface area (Å²) in [5.41, 5.74) is -5.25. The first-order valence-electron chi connectivity index (χ1n) is 7.21. The van der Waals surface area contributed by atoms with Gasteiger partial charge in [-0.1, -0.05) is 6.07 Å². The minimum Gasteiger partial charge on any atom is -0.478 e. The molecule has 0 saturated heterocycles. The molecule has 0 fully saturated rings. The van der Waals surface area contributed by atoms with Crippen LogP contribution < -0.4 is 0 Å². The van der Waals surface area contributed by atoms with E-state index in [1.807, 2.05) is 0 Å². The van der Waals surface area contributed by atoms with Gasteiger partial charge >= 0.3 is 24.3 Å². The van der Waals surface area contributed by atoms with E-state index in [2.05, 4.69) is 20.7 Å². The molecule has 0 aromatic heterocycles. The Kier molecular flexibility index (Phi) is 5.79. The Bertz CT molecular complexity index is 950. The zero-order valence-electron chi connectivity index (χ0n) is 13.7. The van der Waals surface area contributed by atoms with Crippen LogP contribution >= 0.6 is 15.9 Å². The Labute approximate surface area is 161 Å². The summed E-state index contributed by atoms with van der Waals surface area (Å²) in [5, 5.41) is 9.24. The van der Waals surface area contributed by atoms with Gasteiger partial charge in [-0.15, -0.1) is 0 Å². The molecule has 0 atom stereocenters. The molecule has 0 aliphatic rings. The lowest BCUT2D eigenvalue weighted by Crippen LogP contribution is -2.13. The predicted octanol–water partition coefficient (Wildman–Crippen LogP) is 5.64. The highest BCUT2D eigenvalue weighted by Crippen LogP contribution is 2.42. The molecule has 0 spiro atoms. The SMILES string of the molecule is COC(=O)c1cc(-c2ccc(C(F)(F)F)cc2C(F)(F)F)cc(C(=O)O)c1Br. The van der Waals surface area contributed by atoms with E-state index in [1.54, 1.807) is 0 Å². The quantitative estimate of drug-likeness (QED) is 0.465. The van der Waals surface area contributed by atoms with Gasteiger partial charge in [-0.3, -0.25) is 0 Å². The van der Waals surface area contributed by atoms with Crippen LogP contribution in [0.15, 0.2) is 34.8 Å². The third kappa shape index (κ3) is 4.29. The standard InChI is InChI=1S/C17H9BrF6O4/c1-28-15(27)11-5-7(4-10(13(11)18)14(25)26)9-3-2-8(16(19,20)21)6-12(9)17(22,23)24/h2-6H,1H3,(H,25,26). The van der Waals surface area contributed by atoms with Crippen molar-refractivity contribution in [1.82, 2.24) is 0 Å². The molecule has 0 radical (unpaired) electrons. The molecule has 0 aliphatic carbocycles. The number of alkyl halides is 6. The first-order chi connectivity index (χ1) is 12.8. The fourth-order valence-electron chi connectivity index (χ4n) is 2.40. The van der Waals surface area contributed by atoms with Gasteiger partial charge in [0.2, 0.25) is 0 Å².